The number of nitrogens with one attached hydrogen (secondary N) is 1. The average molecular weight is 509 g/mol. The molecule has 2 amide bonds. The van der Waals surface area contributed by atoms with Crippen molar-refractivity contribution in [3.05, 3.63) is 125 Å². The van der Waals surface area contributed by atoms with E-state index in [9.17, 15) is 14.7 Å². The summed E-state index contributed by atoms with van der Waals surface area (Å²) in [6, 6.07) is 29.5. The van der Waals surface area contributed by atoms with E-state index in [0.717, 1.165) is 17.7 Å². The summed E-state index contributed by atoms with van der Waals surface area (Å²) >= 11 is 0. The highest BCUT2D eigenvalue weighted by molar-refractivity contribution is 5.92. The summed E-state index contributed by atoms with van der Waals surface area (Å²) in [7, 11) is 0. The van der Waals surface area contributed by atoms with Crippen molar-refractivity contribution in [1.82, 2.24) is 20.0 Å². The minimum Gasteiger partial charge on any atom is -0.378 e. The van der Waals surface area contributed by atoms with Crippen LogP contribution in [0.1, 0.15) is 46.2 Å². The number of carbonyl (C=O) groups excluding carboxylic acids is 2. The number of hydrogen-bond donors (Lipinski definition) is 2. The van der Waals surface area contributed by atoms with Crippen molar-refractivity contribution in [3.8, 4) is 0 Å². The van der Waals surface area contributed by atoms with Crippen LogP contribution in [-0.2, 0) is 29.9 Å². The summed E-state index contributed by atoms with van der Waals surface area (Å²) in [5.41, 5.74) is 2.01. The summed E-state index contributed by atoms with van der Waals surface area (Å²) in [6.07, 6.45) is 1.10. The number of benzene rings is 3. The Balaban J connectivity index is 1.33. The molecule has 5 rings (SSSR count). The second-order valence-corrected chi connectivity index (χ2v) is 9.77. The molecule has 0 radical (unpaired) electrons. The van der Waals surface area contributed by atoms with E-state index in [0.29, 0.717) is 37.2 Å². The van der Waals surface area contributed by atoms with Crippen molar-refractivity contribution in [2.45, 2.75) is 44.5 Å². The van der Waals surface area contributed by atoms with Crippen LogP contribution in [0.15, 0.2) is 97.1 Å². The number of aliphatic hydroxyl groups is 1. The lowest BCUT2D eigenvalue weighted by molar-refractivity contribution is -0.131. The molecule has 38 heavy (non-hydrogen) atoms. The Morgan fingerprint density at radius 1 is 0.921 bits per heavy atom. The van der Waals surface area contributed by atoms with Gasteiger partial charge in [0.2, 0.25) is 5.91 Å². The lowest BCUT2D eigenvalue weighted by Gasteiger charge is -2.35. The van der Waals surface area contributed by atoms with Gasteiger partial charge in [-0.25, -0.2) is 0 Å². The molecule has 4 aromatic rings. The SMILES string of the molecule is CC(NC(=O)c1cc2n(n1)CCCN(C(=O)Cc1ccccc1)C2)C(O)(c1ccccc1)c1ccccc1. The molecule has 0 bridgehead atoms. The summed E-state index contributed by atoms with van der Waals surface area (Å²) < 4.78 is 1.82. The first kappa shape index (κ1) is 25.4. The molecule has 1 aliphatic heterocycles. The summed E-state index contributed by atoms with van der Waals surface area (Å²) in [6.45, 7) is 3.47. The Hall–Kier alpha value is -4.23. The standard InChI is InChI=1S/C31H32N4O3/c1-23(31(38,25-14-7-3-8-15-25)26-16-9-4-10-17-26)32-30(37)28-21-27-22-34(18-11-19-35(27)33-28)29(36)20-24-12-5-2-6-13-24/h2-10,12-17,21,23,38H,11,18-20,22H2,1H3,(H,32,37). The van der Waals surface area contributed by atoms with Crippen molar-refractivity contribution < 1.29 is 14.7 Å². The third-order valence-electron chi connectivity index (χ3n) is 7.20. The molecule has 0 spiro atoms. The second-order valence-electron chi connectivity index (χ2n) is 9.77. The molecule has 1 aliphatic rings. The number of aromatic nitrogens is 2. The molecule has 194 valence electrons. The number of aryl methyl sites for hydroxylation is 1. The number of amides is 2. The molecular formula is C31H32N4O3. The van der Waals surface area contributed by atoms with Crippen LogP contribution in [0, 0.1) is 0 Å². The maximum Gasteiger partial charge on any atom is 0.272 e. The van der Waals surface area contributed by atoms with E-state index in [1.54, 1.807) is 13.0 Å². The number of hydrogen-bond acceptors (Lipinski definition) is 4. The Labute approximate surface area is 222 Å². The quantitative estimate of drug-likeness (QED) is 0.396. The predicted molar refractivity (Wildman–Crippen MR) is 145 cm³/mol. The van der Waals surface area contributed by atoms with E-state index in [1.807, 2.05) is 101 Å². The number of rotatable bonds is 7. The van der Waals surface area contributed by atoms with E-state index in [-0.39, 0.29) is 17.5 Å². The van der Waals surface area contributed by atoms with Crippen LogP contribution < -0.4 is 5.32 Å². The molecule has 1 unspecified atom stereocenters. The summed E-state index contributed by atoms with van der Waals surface area (Å²) in [4.78, 5) is 28.2. The normalized spacial score (nSPS) is 14.3. The van der Waals surface area contributed by atoms with Crippen molar-refractivity contribution in [3.63, 3.8) is 0 Å². The Kier molecular flexibility index (Phi) is 7.38. The summed E-state index contributed by atoms with van der Waals surface area (Å²) in [5, 5.41) is 19.5. The second kappa shape index (κ2) is 11.0. The Morgan fingerprint density at radius 3 is 2.11 bits per heavy atom. The first-order valence-electron chi connectivity index (χ1n) is 13.0. The van der Waals surface area contributed by atoms with Crippen LogP contribution in [-0.4, -0.2) is 44.2 Å². The van der Waals surface area contributed by atoms with Gasteiger partial charge in [0.15, 0.2) is 5.69 Å². The van der Waals surface area contributed by atoms with Crippen LogP contribution >= 0.6 is 0 Å². The van der Waals surface area contributed by atoms with Gasteiger partial charge in [-0.15, -0.1) is 0 Å². The zero-order chi connectivity index (χ0) is 26.5. The molecule has 0 saturated heterocycles. The predicted octanol–water partition coefficient (Wildman–Crippen LogP) is 3.91. The van der Waals surface area contributed by atoms with Crippen molar-refractivity contribution in [1.29, 1.82) is 0 Å². The van der Waals surface area contributed by atoms with E-state index in [1.165, 1.54) is 0 Å². The monoisotopic (exact) mass is 508 g/mol. The first-order valence-corrected chi connectivity index (χ1v) is 13.0. The molecule has 7 nitrogen and oxygen atoms in total. The third-order valence-corrected chi connectivity index (χ3v) is 7.20. The molecule has 0 saturated carbocycles. The molecule has 0 fully saturated rings. The maximum absolute atomic E-state index is 13.3. The minimum atomic E-state index is -1.43. The van der Waals surface area contributed by atoms with E-state index in [4.69, 9.17) is 0 Å². The van der Waals surface area contributed by atoms with Gasteiger partial charge in [0.25, 0.3) is 5.91 Å². The van der Waals surface area contributed by atoms with Crippen molar-refractivity contribution >= 4 is 11.8 Å². The van der Waals surface area contributed by atoms with Crippen molar-refractivity contribution in [2.24, 2.45) is 0 Å². The van der Waals surface area contributed by atoms with Gasteiger partial charge < -0.3 is 15.3 Å². The number of nitrogens with zero attached hydrogens (tertiary/aromatic N) is 3. The molecule has 1 atom stereocenters. The number of fused-ring (bicyclic) bond motifs is 1. The fraction of sp³-hybridized carbons (Fsp3) is 0.258. The van der Waals surface area contributed by atoms with Gasteiger partial charge in [-0.2, -0.15) is 5.10 Å². The highest BCUT2D eigenvalue weighted by Gasteiger charge is 2.39. The third kappa shape index (κ3) is 5.24. The van der Waals surface area contributed by atoms with Crippen molar-refractivity contribution in [2.75, 3.05) is 6.54 Å². The minimum absolute atomic E-state index is 0.0567. The largest absolute Gasteiger partial charge is 0.378 e. The van der Waals surface area contributed by atoms with Gasteiger partial charge in [-0.3, -0.25) is 14.3 Å². The van der Waals surface area contributed by atoms with Crippen LogP contribution in [0.4, 0.5) is 0 Å². The molecule has 7 heteroatoms. The topological polar surface area (TPSA) is 87.5 Å². The molecule has 3 aromatic carbocycles. The zero-order valence-electron chi connectivity index (χ0n) is 21.5. The fourth-order valence-electron chi connectivity index (χ4n) is 5.09. The highest BCUT2D eigenvalue weighted by Crippen LogP contribution is 2.33. The van der Waals surface area contributed by atoms with Gasteiger partial charge in [-0.05, 0) is 36.1 Å². The van der Waals surface area contributed by atoms with Crippen LogP contribution in [0.25, 0.3) is 0 Å². The van der Waals surface area contributed by atoms with Gasteiger partial charge in [-0.1, -0.05) is 91.0 Å². The smallest absolute Gasteiger partial charge is 0.272 e. The number of carbonyl (C=O) groups is 2. The Morgan fingerprint density at radius 2 is 1.50 bits per heavy atom. The molecule has 1 aromatic heterocycles. The maximum atomic E-state index is 13.3. The molecule has 2 N–H and O–H groups in total. The lowest BCUT2D eigenvalue weighted by Crippen LogP contribution is -2.49. The van der Waals surface area contributed by atoms with Gasteiger partial charge in [0.05, 0.1) is 24.7 Å². The van der Waals surface area contributed by atoms with Gasteiger partial charge in [0, 0.05) is 13.1 Å². The van der Waals surface area contributed by atoms with E-state index in [2.05, 4.69) is 10.4 Å². The average Bonchev–Trinajstić information content (AvgIpc) is 3.25. The fourth-order valence-corrected chi connectivity index (χ4v) is 5.09. The van der Waals surface area contributed by atoms with Gasteiger partial charge in [0.1, 0.15) is 5.60 Å². The first-order chi connectivity index (χ1) is 18.4. The van der Waals surface area contributed by atoms with E-state index >= 15 is 0 Å². The Bertz CT molecular complexity index is 1350. The molecule has 0 aliphatic carbocycles. The van der Waals surface area contributed by atoms with Crippen LogP contribution in [0.5, 0.6) is 0 Å². The highest BCUT2D eigenvalue weighted by atomic mass is 16.3. The lowest BCUT2D eigenvalue weighted by atomic mass is 9.81. The molecule has 2 heterocycles. The van der Waals surface area contributed by atoms with Crippen LogP contribution in [0.2, 0.25) is 0 Å². The van der Waals surface area contributed by atoms with Crippen LogP contribution in [0.3, 0.4) is 0 Å². The summed E-state index contributed by atoms with van der Waals surface area (Å²) in [5.74, 6) is -0.313. The molecular weight excluding hydrogens is 476 g/mol. The van der Waals surface area contributed by atoms with E-state index < -0.39 is 11.6 Å². The zero-order valence-corrected chi connectivity index (χ0v) is 21.5. The van der Waals surface area contributed by atoms with Gasteiger partial charge >= 0.3 is 0 Å².